The smallest absolute Gasteiger partial charge is 0.220 e. The minimum Gasteiger partial charge on any atom is -0.352 e. The Balaban J connectivity index is 1.77. The predicted molar refractivity (Wildman–Crippen MR) is 69.6 cm³/mol. The molecule has 1 atom stereocenters. The van der Waals surface area contributed by atoms with Crippen molar-refractivity contribution in [3.63, 3.8) is 0 Å². The van der Waals surface area contributed by atoms with Gasteiger partial charge in [-0.2, -0.15) is 0 Å². The standard InChI is InChI=1S/C13H16FNO3S/c14-12-3-1-10(2-4-12)8-15-13(16)7-11-5-6-19(17,18)9-11/h1-4,11H,5-9H2,(H,15,16)/t11-/m0/s1. The molecule has 1 aliphatic rings. The van der Waals surface area contributed by atoms with E-state index >= 15 is 0 Å². The summed E-state index contributed by atoms with van der Waals surface area (Å²) in [5.74, 6) is -0.254. The Kier molecular flexibility index (Phi) is 4.19. The zero-order valence-corrected chi connectivity index (χ0v) is 11.2. The normalized spacial score (nSPS) is 21.2. The first-order chi connectivity index (χ1) is 8.94. The van der Waals surface area contributed by atoms with Crippen LogP contribution in [0, 0.1) is 11.7 Å². The number of carbonyl (C=O) groups excluding carboxylic acids is 1. The van der Waals surface area contributed by atoms with Gasteiger partial charge in [0.15, 0.2) is 9.84 Å². The van der Waals surface area contributed by atoms with Gasteiger partial charge < -0.3 is 5.32 Å². The molecule has 104 valence electrons. The first kappa shape index (κ1) is 14.0. The molecule has 1 saturated heterocycles. The zero-order chi connectivity index (χ0) is 13.9. The van der Waals surface area contributed by atoms with Gasteiger partial charge in [-0.05, 0) is 30.0 Å². The Morgan fingerprint density at radius 1 is 1.32 bits per heavy atom. The number of benzene rings is 1. The molecule has 6 heteroatoms. The van der Waals surface area contributed by atoms with Gasteiger partial charge in [0, 0.05) is 13.0 Å². The van der Waals surface area contributed by atoms with Crippen LogP contribution in [0.25, 0.3) is 0 Å². The second kappa shape index (κ2) is 5.69. The number of amides is 1. The van der Waals surface area contributed by atoms with Crippen LogP contribution in [0.4, 0.5) is 4.39 Å². The van der Waals surface area contributed by atoms with Crippen molar-refractivity contribution in [3.05, 3.63) is 35.6 Å². The average Bonchev–Trinajstić information content (AvgIpc) is 2.68. The van der Waals surface area contributed by atoms with Gasteiger partial charge in [0.05, 0.1) is 11.5 Å². The van der Waals surface area contributed by atoms with Crippen LogP contribution in [0.5, 0.6) is 0 Å². The molecule has 0 unspecified atom stereocenters. The topological polar surface area (TPSA) is 63.2 Å². The van der Waals surface area contributed by atoms with E-state index in [0.29, 0.717) is 13.0 Å². The Morgan fingerprint density at radius 3 is 2.58 bits per heavy atom. The summed E-state index contributed by atoms with van der Waals surface area (Å²) in [5, 5.41) is 2.72. The summed E-state index contributed by atoms with van der Waals surface area (Å²) in [7, 11) is -2.93. The Labute approximate surface area is 111 Å². The van der Waals surface area contributed by atoms with Gasteiger partial charge in [-0.1, -0.05) is 12.1 Å². The number of sulfone groups is 1. The molecule has 19 heavy (non-hydrogen) atoms. The molecule has 4 nitrogen and oxygen atoms in total. The minimum atomic E-state index is -2.93. The highest BCUT2D eigenvalue weighted by Crippen LogP contribution is 2.21. The Bertz CT molecular complexity index is 554. The van der Waals surface area contributed by atoms with E-state index in [1.165, 1.54) is 12.1 Å². The summed E-state index contributed by atoms with van der Waals surface area (Å²) in [4.78, 5) is 11.7. The first-order valence-corrected chi connectivity index (χ1v) is 7.98. The summed E-state index contributed by atoms with van der Waals surface area (Å²) < 4.78 is 35.2. The zero-order valence-electron chi connectivity index (χ0n) is 10.4. The maximum atomic E-state index is 12.7. The fraction of sp³-hybridized carbons (Fsp3) is 0.462. The molecular weight excluding hydrogens is 269 g/mol. The molecule has 0 bridgehead atoms. The molecule has 1 heterocycles. The van der Waals surface area contributed by atoms with Gasteiger partial charge in [0.1, 0.15) is 5.82 Å². The summed E-state index contributed by atoms with van der Waals surface area (Å²) in [6.45, 7) is 0.332. The van der Waals surface area contributed by atoms with Gasteiger partial charge in [-0.3, -0.25) is 4.79 Å². The van der Waals surface area contributed by atoms with Crippen LogP contribution in [0.1, 0.15) is 18.4 Å². The number of rotatable bonds is 4. The van der Waals surface area contributed by atoms with Crippen molar-refractivity contribution in [2.45, 2.75) is 19.4 Å². The van der Waals surface area contributed by atoms with Gasteiger partial charge in [-0.25, -0.2) is 12.8 Å². The van der Waals surface area contributed by atoms with E-state index in [1.807, 2.05) is 0 Å². The van der Waals surface area contributed by atoms with Crippen molar-refractivity contribution in [1.29, 1.82) is 0 Å². The molecule has 1 aromatic rings. The number of hydrogen-bond acceptors (Lipinski definition) is 3. The van der Waals surface area contributed by atoms with E-state index in [4.69, 9.17) is 0 Å². The van der Waals surface area contributed by atoms with Crippen molar-refractivity contribution in [1.82, 2.24) is 5.32 Å². The lowest BCUT2D eigenvalue weighted by atomic mass is 10.1. The van der Waals surface area contributed by atoms with Gasteiger partial charge >= 0.3 is 0 Å². The van der Waals surface area contributed by atoms with Gasteiger partial charge in [-0.15, -0.1) is 0 Å². The quantitative estimate of drug-likeness (QED) is 0.906. The molecule has 1 amide bonds. The van der Waals surface area contributed by atoms with Crippen molar-refractivity contribution < 1.29 is 17.6 Å². The molecule has 1 aromatic carbocycles. The summed E-state index contributed by atoms with van der Waals surface area (Å²) in [6.07, 6.45) is 0.798. The fourth-order valence-corrected chi connectivity index (χ4v) is 4.03. The summed E-state index contributed by atoms with van der Waals surface area (Å²) in [6, 6.07) is 5.89. The van der Waals surface area contributed by atoms with Crippen molar-refractivity contribution in [2.24, 2.45) is 5.92 Å². The molecular formula is C13H16FNO3S. The number of halogens is 1. The number of carbonyl (C=O) groups is 1. The molecule has 1 N–H and O–H groups in total. The van der Waals surface area contributed by atoms with E-state index in [-0.39, 0.29) is 35.6 Å². The maximum Gasteiger partial charge on any atom is 0.220 e. The second-order valence-electron chi connectivity index (χ2n) is 4.88. The van der Waals surface area contributed by atoms with Crippen LogP contribution in [0.3, 0.4) is 0 Å². The van der Waals surface area contributed by atoms with Gasteiger partial charge in [0.2, 0.25) is 5.91 Å². The third-order valence-electron chi connectivity index (χ3n) is 3.20. The van der Waals surface area contributed by atoms with Gasteiger partial charge in [0.25, 0.3) is 0 Å². The highest BCUT2D eigenvalue weighted by molar-refractivity contribution is 7.91. The summed E-state index contributed by atoms with van der Waals surface area (Å²) in [5.41, 5.74) is 0.814. The molecule has 0 saturated carbocycles. The SMILES string of the molecule is O=C(C[C@@H]1CCS(=O)(=O)C1)NCc1ccc(F)cc1. The van der Waals surface area contributed by atoms with Crippen LogP contribution in [-0.4, -0.2) is 25.8 Å². The lowest BCUT2D eigenvalue weighted by molar-refractivity contribution is -0.122. The van der Waals surface area contributed by atoms with E-state index in [0.717, 1.165) is 5.56 Å². The van der Waals surface area contributed by atoms with Crippen molar-refractivity contribution in [3.8, 4) is 0 Å². The highest BCUT2D eigenvalue weighted by atomic mass is 32.2. The van der Waals surface area contributed by atoms with E-state index < -0.39 is 9.84 Å². The third-order valence-corrected chi connectivity index (χ3v) is 5.04. The third kappa shape index (κ3) is 4.31. The molecule has 1 aliphatic heterocycles. The monoisotopic (exact) mass is 285 g/mol. The second-order valence-corrected chi connectivity index (χ2v) is 7.11. The number of hydrogen-bond donors (Lipinski definition) is 1. The van der Waals surface area contributed by atoms with Crippen LogP contribution >= 0.6 is 0 Å². The van der Waals surface area contributed by atoms with Crippen molar-refractivity contribution in [2.75, 3.05) is 11.5 Å². The Morgan fingerprint density at radius 2 is 2.00 bits per heavy atom. The average molecular weight is 285 g/mol. The van der Waals surface area contributed by atoms with E-state index in [9.17, 15) is 17.6 Å². The largest absolute Gasteiger partial charge is 0.352 e. The molecule has 0 aliphatic carbocycles. The summed E-state index contributed by atoms with van der Waals surface area (Å²) >= 11 is 0. The molecule has 0 aromatic heterocycles. The lowest BCUT2D eigenvalue weighted by Gasteiger charge is -2.08. The predicted octanol–water partition coefficient (Wildman–Crippen LogP) is 1.27. The van der Waals surface area contributed by atoms with Crippen LogP contribution in [-0.2, 0) is 21.2 Å². The van der Waals surface area contributed by atoms with Crippen LogP contribution < -0.4 is 5.32 Å². The van der Waals surface area contributed by atoms with Crippen LogP contribution in [0.15, 0.2) is 24.3 Å². The molecule has 0 radical (unpaired) electrons. The fourth-order valence-electron chi connectivity index (χ4n) is 2.17. The van der Waals surface area contributed by atoms with E-state index in [1.54, 1.807) is 12.1 Å². The first-order valence-electron chi connectivity index (χ1n) is 6.16. The molecule has 1 fully saturated rings. The molecule has 0 spiro atoms. The number of nitrogens with one attached hydrogen (secondary N) is 1. The van der Waals surface area contributed by atoms with E-state index in [2.05, 4.69) is 5.32 Å². The maximum absolute atomic E-state index is 12.7. The molecule has 2 rings (SSSR count). The Hall–Kier alpha value is -1.43. The van der Waals surface area contributed by atoms with Crippen molar-refractivity contribution >= 4 is 15.7 Å². The van der Waals surface area contributed by atoms with Crippen LogP contribution in [0.2, 0.25) is 0 Å². The minimum absolute atomic E-state index is 0.0711. The highest BCUT2D eigenvalue weighted by Gasteiger charge is 2.29. The lowest BCUT2D eigenvalue weighted by Crippen LogP contribution is -2.25.